The van der Waals surface area contributed by atoms with Gasteiger partial charge in [-0.1, -0.05) is 20.8 Å². The fraction of sp³-hybridized carbons (Fsp3) is 0.696. The number of thiocarbonyl (C=S) groups is 1. The third kappa shape index (κ3) is 8.61. The van der Waals surface area contributed by atoms with E-state index in [1.54, 1.807) is 0 Å². The average Bonchev–Trinajstić information content (AvgIpc) is 3.17. The maximum atomic E-state index is 13.2. The van der Waals surface area contributed by atoms with E-state index in [2.05, 4.69) is 49.4 Å². The Bertz CT molecular complexity index is 847. The Morgan fingerprint density at radius 2 is 1.49 bits per heavy atom. The quantitative estimate of drug-likeness (QED) is 0.223. The van der Waals surface area contributed by atoms with Gasteiger partial charge in [-0.25, -0.2) is 0 Å². The summed E-state index contributed by atoms with van der Waals surface area (Å²) in [5.41, 5.74) is -3.19. The number of hydrogen-bond donors (Lipinski definition) is 2. The van der Waals surface area contributed by atoms with Crippen molar-refractivity contribution >= 4 is 31.3 Å². The Morgan fingerprint density at radius 1 is 1.00 bits per heavy atom. The molecule has 12 heteroatoms. The summed E-state index contributed by atoms with van der Waals surface area (Å²) in [6, 6.07) is 1.02. The van der Waals surface area contributed by atoms with E-state index in [9.17, 15) is 26.3 Å². The Morgan fingerprint density at radius 3 is 1.91 bits per heavy atom. The molecule has 0 amide bonds. The molecule has 1 heterocycles. The monoisotopic (exact) mass is 543 g/mol. The van der Waals surface area contributed by atoms with Crippen molar-refractivity contribution in [1.82, 2.24) is 10.2 Å². The van der Waals surface area contributed by atoms with Crippen LogP contribution < -0.4 is 10.6 Å². The molecule has 1 aromatic rings. The molecular weight excluding hydrogens is 508 g/mol. The second-order valence-electron chi connectivity index (χ2n) is 10.6. The molecule has 1 aliphatic heterocycles. The van der Waals surface area contributed by atoms with E-state index in [1.165, 1.54) is 0 Å². The molecule has 1 aliphatic rings. The molecule has 1 fully saturated rings. The molecule has 1 aromatic carbocycles. The second kappa shape index (κ2) is 10.9. The molecule has 0 saturated carbocycles. The predicted octanol–water partition coefficient (Wildman–Crippen LogP) is 6.89. The van der Waals surface area contributed by atoms with Gasteiger partial charge >= 0.3 is 12.4 Å². The summed E-state index contributed by atoms with van der Waals surface area (Å²) in [5, 5.41) is 5.52. The maximum Gasteiger partial charge on any atom is 0.416 e. The first-order valence-corrected chi connectivity index (χ1v) is 14.9. The molecule has 2 N–H and O–H groups in total. The highest BCUT2D eigenvalue weighted by Gasteiger charge is 2.40. The topological polar surface area (TPSA) is 36.5 Å². The Hall–Kier alpha value is -1.37. The van der Waals surface area contributed by atoms with Crippen molar-refractivity contribution in [3.63, 3.8) is 0 Å². The van der Waals surface area contributed by atoms with E-state index in [0.29, 0.717) is 18.7 Å². The van der Waals surface area contributed by atoms with Crippen molar-refractivity contribution in [2.45, 2.75) is 83.2 Å². The lowest BCUT2D eigenvalue weighted by Crippen LogP contribution is -2.55. The molecule has 0 aromatic heterocycles. The molecule has 2 atom stereocenters. The van der Waals surface area contributed by atoms with E-state index in [1.807, 2.05) is 6.92 Å². The van der Waals surface area contributed by atoms with Gasteiger partial charge in [-0.2, -0.15) is 26.3 Å². The summed E-state index contributed by atoms with van der Waals surface area (Å²) in [7, 11) is -2.14. The van der Waals surface area contributed by atoms with Crippen LogP contribution in [0.4, 0.5) is 32.0 Å². The smallest absolute Gasteiger partial charge is 0.412 e. The van der Waals surface area contributed by atoms with E-state index in [4.69, 9.17) is 16.6 Å². The minimum absolute atomic E-state index is 0.0375. The van der Waals surface area contributed by atoms with Crippen LogP contribution >= 0.6 is 12.2 Å². The summed E-state index contributed by atoms with van der Waals surface area (Å²) < 4.78 is 85.8. The lowest BCUT2D eigenvalue weighted by molar-refractivity contribution is -0.143. The van der Waals surface area contributed by atoms with Gasteiger partial charge in [0, 0.05) is 12.2 Å². The van der Waals surface area contributed by atoms with Gasteiger partial charge < -0.3 is 20.0 Å². The Kier molecular flexibility index (Phi) is 9.33. The van der Waals surface area contributed by atoms with Crippen LogP contribution in [-0.4, -0.2) is 50.1 Å². The number of benzene rings is 1. The highest BCUT2D eigenvalue weighted by atomic mass is 32.1. The first-order valence-electron chi connectivity index (χ1n) is 11.6. The minimum Gasteiger partial charge on any atom is -0.412 e. The Balaban J connectivity index is 2.24. The fourth-order valence-corrected chi connectivity index (χ4v) is 5.36. The number of hydrogen-bond acceptors (Lipinski definition) is 3. The zero-order chi connectivity index (χ0) is 26.8. The molecule has 0 bridgehead atoms. The van der Waals surface area contributed by atoms with Gasteiger partial charge in [-0.15, -0.1) is 0 Å². The molecule has 200 valence electrons. The number of rotatable bonds is 7. The van der Waals surface area contributed by atoms with Crippen molar-refractivity contribution in [2.75, 3.05) is 25.0 Å². The molecule has 0 radical (unpaired) electrons. The lowest BCUT2D eigenvalue weighted by Gasteiger charge is -2.41. The predicted molar refractivity (Wildman–Crippen MR) is 133 cm³/mol. The lowest BCUT2D eigenvalue weighted by atomic mass is 10.1. The molecule has 4 nitrogen and oxygen atoms in total. The third-order valence-corrected chi connectivity index (χ3v) is 11.5. The maximum absolute atomic E-state index is 13.2. The van der Waals surface area contributed by atoms with Crippen molar-refractivity contribution in [3.8, 4) is 0 Å². The SMILES string of the molecule is C[C@H](O[Si](C)(C)C(C)(C)C)[C@@H](CN1CCCC1)NC(=S)Nc1cc(C(F)(F)F)cc(C(F)(F)F)c1. The molecule has 0 unspecified atom stereocenters. The second-order valence-corrected chi connectivity index (χ2v) is 15.8. The summed E-state index contributed by atoms with van der Waals surface area (Å²) in [5.74, 6) is 0. The number of anilines is 1. The highest BCUT2D eigenvalue weighted by Crippen LogP contribution is 2.38. The van der Waals surface area contributed by atoms with Crippen molar-refractivity contribution in [2.24, 2.45) is 0 Å². The summed E-state index contributed by atoms with van der Waals surface area (Å²) in [4.78, 5) is 2.25. The number of halogens is 6. The van der Waals surface area contributed by atoms with E-state index < -0.39 is 31.8 Å². The van der Waals surface area contributed by atoms with Gasteiger partial charge in [0.15, 0.2) is 13.4 Å². The standard InChI is InChI=1S/C23H35F6N3OSSi/c1-15(33-35(5,6)21(2,3)4)19(14-32-9-7-8-10-32)31-20(34)30-18-12-16(22(24,25)26)11-17(13-18)23(27,28)29/h11-13,15,19H,7-10,14H2,1-6H3,(H2,30,31,34)/t15-,19+/m0/s1. The van der Waals surface area contributed by atoms with Crippen molar-refractivity contribution in [1.29, 1.82) is 0 Å². The van der Waals surface area contributed by atoms with E-state index in [-0.39, 0.29) is 34.1 Å². The van der Waals surface area contributed by atoms with Gasteiger partial charge in [0.1, 0.15) is 0 Å². The number of nitrogens with one attached hydrogen (secondary N) is 2. The van der Waals surface area contributed by atoms with Crippen LogP contribution in [0.3, 0.4) is 0 Å². The minimum atomic E-state index is -4.93. The van der Waals surface area contributed by atoms with Crippen LogP contribution in [0.1, 0.15) is 51.7 Å². The van der Waals surface area contributed by atoms with Crippen LogP contribution in [0.25, 0.3) is 0 Å². The highest BCUT2D eigenvalue weighted by molar-refractivity contribution is 7.80. The molecule has 2 rings (SSSR count). The number of alkyl halides is 6. The Labute approximate surface area is 209 Å². The largest absolute Gasteiger partial charge is 0.416 e. The van der Waals surface area contributed by atoms with Gasteiger partial charge in [0.2, 0.25) is 0 Å². The normalized spacial score (nSPS) is 17.8. The average molecular weight is 544 g/mol. The summed E-state index contributed by atoms with van der Waals surface area (Å²) >= 11 is 5.31. The zero-order valence-electron chi connectivity index (χ0n) is 21.0. The molecule has 0 aliphatic carbocycles. The number of likely N-dealkylation sites (tertiary alicyclic amines) is 1. The van der Waals surface area contributed by atoms with Gasteiger partial charge in [-0.05, 0) is 81.4 Å². The summed E-state index contributed by atoms with van der Waals surface area (Å²) in [6.07, 6.45) is -8.02. The van der Waals surface area contributed by atoms with Crippen LogP contribution in [-0.2, 0) is 16.8 Å². The number of nitrogens with zero attached hydrogens (tertiary/aromatic N) is 1. The summed E-state index contributed by atoms with van der Waals surface area (Å²) in [6.45, 7) is 14.9. The van der Waals surface area contributed by atoms with Crippen molar-refractivity contribution < 1.29 is 30.8 Å². The molecular formula is C23H35F6N3OSSi. The van der Waals surface area contributed by atoms with Gasteiger partial charge in [0.05, 0.1) is 23.3 Å². The third-order valence-electron chi connectivity index (χ3n) is 6.67. The zero-order valence-corrected chi connectivity index (χ0v) is 22.8. The first kappa shape index (κ1) is 29.9. The first-order chi connectivity index (χ1) is 15.8. The van der Waals surface area contributed by atoms with Crippen molar-refractivity contribution in [3.05, 3.63) is 29.3 Å². The van der Waals surface area contributed by atoms with Gasteiger partial charge in [0.25, 0.3) is 0 Å². The fourth-order valence-electron chi connectivity index (χ4n) is 3.64. The van der Waals surface area contributed by atoms with Crippen LogP contribution in [0.5, 0.6) is 0 Å². The molecule has 35 heavy (non-hydrogen) atoms. The van der Waals surface area contributed by atoms with Gasteiger partial charge in [-0.3, -0.25) is 0 Å². The van der Waals surface area contributed by atoms with E-state index >= 15 is 0 Å². The molecule has 1 saturated heterocycles. The van der Waals surface area contributed by atoms with E-state index in [0.717, 1.165) is 25.9 Å². The van der Waals surface area contributed by atoms with Crippen LogP contribution in [0.15, 0.2) is 18.2 Å². The van der Waals surface area contributed by atoms with Crippen LogP contribution in [0.2, 0.25) is 18.1 Å². The van der Waals surface area contributed by atoms with Crippen LogP contribution in [0, 0.1) is 0 Å². The molecule has 0 spiro atoms.